The SMILES string of the molecule is CCCCOCCCN1C(=O)C(c2cccs2)=C(N2CCc3ccccc32)C1=O. The van der Waals surface area contributed by atoms with Crippen LogP contribution in [0.3, 0.4) is 0 Å². The summed E-state index contributed by atoms with van der Waals surface area (Å²) in [6.45, 7) is 4.52. The van der Waals surface area contributed by atoms with Crippen molar-refractivity contribution in [3.8, 4) is 0 Å². The van der Waals surface area contributed by atoms with Crippen molar-refractivity contribution in [3.05, 3.63) is 57.9 Å². The molecule has 2 aliphatic rings. The summed E-state index contributed by atoms with van der Waals surface area (Å²) in [6, 6.07) is 12.0. The molecule has 0 spiro atoms. The number of anilines is 1. The lowest BCUT2D eigenvalue weighted by molar-refractivity contribution is -0.137. The van der Waals surface area contributed by atoms with Crippen molar-refractivity contribution in [1.82, 2.24) is 4.90 Å². The highest BCUT2D eigenvalue weighted by atomic mass is 32.1. The third-order valence-corrected chi connectivity index (χ3v) is 6.27. The Morgan fingerprint density at radius 3 is 2.66 bits per heavy atom. The molecule has 0 bridgehead atoms. The van der Waals surface area contributed by atoms with Crippen LogP contribution in [0, 0.1) is 0 Å². The molecule has 6 heteroatoms. The highest BCUT2D eigenvalue weighted by molar-refractivity contribution is 7.11. The lowest BCUT2D eigenvalue weighted by Crippen LogP contribution is -2.36. The fourth-order valence-corrected chi connectivity index (χ4v) is 4.67. The number of fused-ring (bicyclic) bond motifs is 1. The Bertz CT molecular complexity index is 920. The van der Waals surface area contributed by atoms with Gasteiger partial charge < -0.3 is 9.64 Å². The van der Waals surface area contributed by atoms with E-state index < -0.39 is 0 Å². The van der Waals surface area contributed by atoms with Gasteiger partial charge in [-0.2, -0.15) is 0 Å². The van der Waals surface area contributed by atoms with Gasteiger partial charge in [-0.25, -0.2) is 0 Å². The lowest BCUT2D eigenvalue weighted by Gasteiger charge is -2.21. The fraction of sp³-hybridized carbons (Fsp3) is 0.391. The van der Waals surface area contributed by atoms with E-state index in [9.17, 15) is 9.59 Å². The van der Waals surface area contributed by atoms with Gasteiger partial charge in [-0.15, -0.1) is 11.3 Å². The number of amides is 2. The summed E-state index contributed by atoms with van der Waals surface area (Å²) in [6.07, 6.45) is 3.66. The first kappa shape index (κ1) is 19.9. The molecule has 152 valence electrons. The van der Waals surface area contributed by atoms with Crippen LogP contribution in [0.4, 0.5) is 5.69 Å². The van der Waals surface area contributed by atoms with Crippen LogP contribution in [-0.4, -0.2) is 43.0 Å². The number of hydrogen-bond donors (Lipinski definition) is 0. The Balaban J connectivity index is 1.58. The molecule has 0 saturated heterocycles. The summed E-state index contributed by atoms with van der Waals surface area (Å²) < 4.78 is 5.61. The van der Waals surface area contributed by atoms with Gasteiger partial charge in [0.2, 0.25) is 0 Å². The zero-order valence-corrected chi connectivity index (χ0v) is 17.5. The molecule has 0 unspecified atom stereocenters. The lowest BCUT2D eigenvalue weighted by atomic mass is 10.1. The smallest absolute Gasteiger partial charge is 0.278 e. The van der Waals surface area contributed by atoms with E-state index in [0.29, 0.717) is 30.8 Å². The van der Waals surface area contributed by atoms with Gasteiger partial charge in [-0.1, -0.05) is 37.6 Å². The molecule has 2 amide bonds. The Morgan fingerprint density at radius 2 is 1.86 bits per heavy atom. The normalized spacial score (nSPS) is 16.3. The summed E-state index contributed by atoms with van der Waals surface area (Å²) in [4.78, 5) is 30.9. The number of ether oxygens (including phenoxy) is 1. The first-order valence-electron chi connectivity index (χ1n) is 10.3. The summed E-state index contributed by atoms with van der Waals surface area (Å²) in [5.74, 6) is -0.381. The van der Waals surface area contributed by atoms with Gasteiger partial charge in [0.25, 0.3) is 11.8 Å². The van der Waals surface area contributed by atoms with Gasteiger partial charge in [0, 0.05) is 36.9 Å². The van der Waals surface area contributed by atoms with E-state index in [1.807, 2.05) is 40.6 Å². The summed E-state index contributed by atoms with van der Waals surface area (Å²) >= 11 is 1.50. The van der Waals surface area contributed by atoms with E-state index in [0.717, 1.165) is 43.0 Å². The fourth-order valence-electron chi connectivity index (χ4n) is 3.90. The number of rotatable bonds is 9. The third-order valence-electron chi connectivity index (χ3n) is 5.38. The van der Waals surface area contributed by atoms with Crippen LogP contribution in [0.15, 0.2) is 47.5 Å². The molecule has 29 heavy (non-hydrogen) atoms. The minimum Gasteiger partial charge on any atom is -0.381 e. The summed E-state index contributed by atoms with van der Waals surface area (Å²) in [5.41, 5.74) is 3.30. The van der Waals surface area contributed by atoms with E-state index in [1.165, 1.54) is 21.8 Å². The van der Waals surface area contributed by atoms with Crippen LogP contribution >= 0.6 is 11.3 Å². The van der Waals surface area contributed by atoms with Crippen molar-refractivity contribution in [2.45, 2.75) is 32.6 Å². The monoisotopic (exact) mass is 410 g/mol. The number of thiophene rings is 1. The number of benzene rings is 1. The zero-order valence-electron chi connectivity index (χ0n) is 16.7. The van der Waals surface area contributed by atoms with Crippen LogP contribution in [-0.2, 0) is 20.7 Å². The second-order valence-corrected chi connectivity index (χ2v) is 8.26. The molecule has 0 fully saturated rings. The van der Waals surface area contributed by atoms with Crippen molar-refractivity contribution in [3.63, 3.8) is 0 Å². The molecule has 5 nitrogen and oxygen atoms in total. The molecule has 2 aromatic rings. The third kappa shape index (κ3) is 3.87. The highest BCUT2D eigenvalue weighted by Gasteiger charge is 2.43. The molecule has 1 aromatic carbocycles. The summed E-state index contributed by atoms with van der Waals surface area (Å²) in [7, 11) is 0. The molecule has 1 aromatic heterocycles. The molecule has 0 radical (unpaired) electrons. The number of hydrogen-bond acceptors (Lipinski definition) is 5. The molecule has 0 N–H and O–H groups in total. The average Bonchev–Trinajstić information content (AvgIpc) is 3.44. The second kappa shape index (κ2) is 8.93. The predicted octanol–water partition coefficient (Wildman–Crippen LogP) is 4.10. The average molecular weight is 411 g/mol. The van der Waals surface area contributed by atoms with Gasteiger partial charge in [0.1, 0.15) is 5.70 Å². The van der Waals surface area contributed by atoms with Crippen molar-refractivity contribution < 1.29 is 14.3 Å². The molecule has 3 heterocycles. The molecule has 4 rings (SSSR count). The van der Waals surface area contributed by atoms with Crippen molar-refractivity contribution in [2.24, 2.45) is 0 Å². The zero-order chi connectivity index (χ0) is 20.2. The largest absolute Gasteiger partial charge is 0.381 e. The van der Waals surface area contributed by atoms with E-state index in [1.54, 1.807) is 0 Å². The van der Waals surface area contributed by atoms with Gasteiger partial charge >= 0.3 is 0 Å². The first-order chi connectivity index (χ1) is 14.2. The van der Waals surface area contributed by atoms with Crippen LogP contribution in [0.2, 0.25) is 0 Å². The molecule has 0 saturated carbocycles. The highest BCUT2D eigenvalue weighted by Crippen LogP contribution is 2.39. The number of para-hydroxylation sites is 1. The van der Waals surface area contributed by atoms with E-state index in [4.69, 9.17) is 4.74 Å². The van der Waals surface area contributed by atoms with Crippen molar-refractivity contribution in [2.75, 3.05) is 31.2 Å². The van der Waals surface area contributed by atoms with E-state index in [2.05, 4.69) is 13.0 Å². The van der Waals surface area contributed by atoms with Crippen LogP contribution in [0.25, 0.3) is 5.57 Å². The standard InChI is InChI=1S/C23H26N2O3S/c1-2-3-14-28-15-7-12-25-22(26)20(19-10-6-16-29-19)21(23(25)27)24-13-11-17-8-4-5-9-18(17)24/h4-6,8-10,16H,2-3,7,11-15H2,1H3. The number of nitrogens with zero attached hydrogens (tertiary/aromatic N) is 2. The topological polar surface area (TPSA) is 49.9 Å². The number of unbranched alkanes of at least 4 members (excludes halogenated alkanes) is 1. The Kier molecular flexibility index (Phi) is 6.11. The maximum Gasteiger partial charge on any atom is 0.278 e. The van der Waals surface area contributed by atoms with Crippen LogP contribution < -0.4 is 4.90 Å². The van der Waals surface area contributed by atoms with E-state index >= 15 is 0 Å². The quantitative estimate of drug-likeness (QED) is 0.461. The van der Waals surface area contributed by atoms with Gasteiger partial charge in [0.15, 0.2) is 0 Å². The minimum absolute atomic E-state index is 0.189. The maximum absolute atomic E-state index is 13.4. The Hall–Kier alpha value is -2.44. The molecular weight excluding hydrogens is 384 g/mol. The number of carbonyl (C=O) groups excluding carboxylic acids is 2. The molecule has 0 aliphatic carbocycles. The first-order valence-corrected chi connectivity index (χ1v) is 11.2. The number of carbonyl (C=O) groups is 2. The molecular formula is C23H26N2O3S. The van der Waals surface area contributed by atoms with Crippen molar-refractivity contribution in [1.29, 1.82) is 0 Å². The Morgan fingerprint density at radius 1 is 1.03 bits per heavy atom. The van der Waals surface area contributed by atoms with E-state index in [-0.39, 0.29) is 11.8 Å². The maximum atomic E-state index is 13.4. The van der Waals surface area contributed by atoms with Crippen molar-refractivity contribution >= 4 is 34.4 Å². The second-order valence-electron chi connectivity index (χ2n) is 7.31. The predicted molar refractivity (Wildman–Crippen MR) is 116 cm³/mol. The van der Waals surface area contributed by atoms with Gasteiger partial charge in [-0.3, -0.25) is 14.5 Å². The summed E-state index contributed by atoms with van der Waals surface area (Å²) in [5, 5.41) is 1.94. The van der Waals surface area contributed by atoms with Crippen LogP contribution in [0.5, 0.6) is 0 Å². The van der Waals surface area contributed by atoms with Crippen LogP contribution in [0.1, 0.15) is 36.6 Å². The molecule has 0 atom stereocenters. The molecule has 2 aliphatic heterocycles. The van der Waals surface area contributed by atoms with Gasteiger partial charge in [0.05, 0.1) is 5.57 Å². The minimum atomic E-state index is -0.191. The number of imide groups is 1. The van der Waals surface area contributed by atoms with Gasteiger partial charge in [-0.05, 0) is 42.3 Å². The Labute approximate surface area is 175 Å².